The monoisotopic (exact) mass is 2110 g/mol. The number of carbonyl (C=O) groups excluding carboxylic acids is 11. The number of carboxylic acid groups (broad SMARTS) is 2. The van der Waals surface area contributed by atoms with Crippen LogP contribution in [0.4, 0.5) is 11.4 Å². The Balaban J connectivity index is 0.000000519. The summed E-state index contributed by atoms with van der Waals surface area (Å²) in [6.45, 7) is 8.59. The number of hydrogen-bond donors (Lipinski definition) is 11. The van der Waals surface area contributed by atoms with Gasteiger partial charge in [0.25, 0.3) is 19.6 Å². The number of nitrogens with one attached hydrogen (secondary N) is 9. The summed E-state index contributed by atoms with van der Waals surface area (Å²) in [5.41, 5.74) is 6.63. The van der Waals surface area contributed by atoms with E-state index < -0.39 is 93.1 Å². The molecule has 6 aromatic rings. The standard InChI is InChI=1S/C67H87N13O13.C42H81N2O10P.Na/c1-4-32-92-34-35-93-33-27-60(82)76-54(63(87)69-29-14-6-8-16-31-80-41-47-37-45(22-24-49(47)71-56(67(80)91)39-62(85)86)65(89)78(3)43-58-74-52-19-11-12-20-53(52)75-58)25-26-59(81)68-28-13-5-7-15-30-79-40-46-36-44(21-23-48(46)70-55(66(79)90)38-61(83)84)64(88)77(2)42-57-72-50-17-9-10-18-51(50)73-57;1-4-6-8-10-12-14-16-18-20-22-24-26-28-30-41(47)51-36-38(37-53-55(49,50)52-35-34-44-40(46)33-32-39(45)43-3)54-42(48)31-29-27-25-23-21-19-17-15-13-11-9-7-5-2;/h9-12,17-24,36-37,54-56,70-71H,4-8,13-16,25-35,38-43H2,1-3H3,(H,68,81)(H,69,87)(H,72,73)(H,74,75)(H,76,82)(H,83,84)(H,85,86);38H,4-37H2,1-3H3,(H,43,45)(H,44,46)(H,49,50);/q;;+1/p-1/t54-,55-,56-;38-;/m01./s1. The van der Waals surface area contributed by atoms with E-state index in [-0.39, 0.29) is 169 Å². The maximum Gasteiger partial charge on any atom is 1.00 e. The van der Waals surface area contributed by atoms with Crippen LogP contribution < -0.4 is 71.7 Å². The van der Waals surface area contributed by atoms with Crippen molar-refractivity contribution in [1.29, 1.82) is 0 Å². The van der Waals surface area contributed by atoms with E-state index in [1.54, 1.807) is 70.1 Å². The van der Waals surface area contributed by atoms with Gasteiger partial charge < -0.3 is 110 Å². The molecule has 2 aliphatic heterocycles. The second-order valence-electron chi connectivity index (χ2n) is 38.6. The van der Waals surface area contributed by atoms with Crippen LogP contribution in [0.1, 0.15) is 347 Å². The van der Waals surface area contributed by atoms with Crippen molar-refractivity contribution in [3.8, 4) is 0 Å². The number of benzene rings is 4. The molecule has 8 rings (SSSR count). The first-order chi connectivity index (χ1) is 71.5. The number of hydrogen-bond acceptors (Lipinski definition) is 25. The summed E-state index contributed by atoms with van der Waals surface area (Å²) in [4.78, 5) is 201. The Morgan fingerprint density at radius 1 is 0.463 bits per heavy atom. The Kier molecular flexibility index (Phi) is 63.6. The minimum atomic E-state index is -4.83. The summed E-state index contributed by atoms with van der Waals surface area (Å²) >= 11 is 0. The Labute approximate surface area is 901 Å². The van der Waals surface area contributed by atoms with Crippen LogP contribution >= 0.6 is 7.82 Å². The second-order valence-corrected chi connectivity index (χ2v) is 40.0. The number of aromatic amines is 2. The van der Waals surface area contributed by atoms with Crippen LogP contribution in [0.25, 0.3) is 22.1 Å². The van der Waals surface area contributed by atoms with Gasteiger partial charge in [-0.1, -0.05) is 225 Å². The number of aromatic nitrogens is 4. The van der Waals surface area contributed by atoms with Crippen molar-refractivity contribution < 1.29 is 140 Å². The van der Waals surface area contributed by atoms with Crippen molar-refractivity contribution in [2.24, 2.45) is 0 Å². The van der Waals surface area contributed by atoms with Gasteiger partial charge >= 0.3 is 53.4 Å². The number of carbonyl (C=O) groups is 13. The largest absolute Gasteiger partial charge is 1.00 e. The first kappa shape index (κ1) is 127. The number of rotatable bonds is 78. The van der Waals surface area contributed by atoms with Crippen molar-refractivity contribution >= 4 is 118 Å². The molecule has 4 aromatic carbocycles. The molecule has 0 spiro atoms. The second kappa shape index (κ2) is 74.5. The zero-order chi connectivity index (χ0) is 107. The SMILES string of the molecule is CCCCCCCCCCCCCCCC(=O)OC[C@H](COP(=O)([O-])OCCNC(=O)CCC(=O)NC)OC(=O)CCCCCCCCCCCCCCC.CCCOCCOCCC(=O)N[C@@H](CCC(=O)NCCCCCCN1Cc2cc(C(=O)N(C)Cc3nc4ccccc4[nH]3)ccc2N[C@@H](CC(=O)O)C1=O)C(=O)NCCCCCCN1Cc2cc(C(=O)N(C)Cc3nc4ccccc4[nH]3)ccc2N[C@@H](CC(=O)O)C1=O.[Na+]. The van der Waals surface area contributed by atoms with Crippen LogP contribution in [0.3, 0.4) is 0 Å². The fourth-order valence-corrected chi connectivity index (χ4v) is 18.3. The van der Waals surface area contributed by atoms with Crippen LogP contribution in [0.15, 0.2) is 84.9 Å². The molecule has 9 amide bonds. The fourth-order valence-electron chi connectivity index (χ4n) is 17.6. The molecule has 4 heterocycles. The summed E-state index contributed by atoms with van der Waals surface area (Å²) < 4.78 is 44.0. The molecular formula is C109H167N15NaO23P. The van der Waals surface area contributed by atoms with Crippen LogP contribution in [0.2, 0.25) is 0 Å². The molecule has 2 aromatic heterocycles. The van der Waals surface area contributed by atoms with E-state index in [9.17, 15) is 82.0 Å². The molecule has 11 N–H and O–H groups in total. The van der Waals surface area contributed by atoms with Gasteiger partial charge in [0, 0.05) is 135 Å². The number of unbranched alkanes of at least 4 members (excludes halogenated alkanes) is 30. The molecule has 1 unspecified atom stereocenters. The molecule has 0 saturated heterocycles. The number of nitrogens with zero attached hydrogens (tertiary/aromatic N) is 6. The first-order valence-electron chi connectivity index (χ1n) is 54.2. The minimum Gasteiger partial charge on any atom is -0.756 e. The molecule has 2 aliphatic rings. The predicted molar refractivity (Wildman–Crippen MR) is 565 cm³/mol. The van der Waals surface area contributed by atoms with Crippen molar-refractivity contribution in [3.63, 3.8) is 0 Å². The van der Waals surface area contributed by atoms with Crippen LogP contribution in [0.5, 0.6) is 0 Å². The van der Waals surface area contributed by atoms with Crippen LogP contribution in [-0.4, -0.2) is 251 Å². The molecule has 40 heteroatoms. The van der Waals surface area contributed by atoms with E-state index in [1.165, 1.54) is 123 Å². The number of H-pyrrole nitrogens is 2. The molecule has 0 radical (unpaired) electrons. The molecule has 0 aliphatic carbocycles. The third-order valence-electron chi connectivity index (χ3n) is 25.9. The minimum absolute atomic E-state index is 0. The van der Waals surface area contributed by atoms with Gasteiger partial charge in [0.2, 0.25) is 41.4 Å². The maximum absolute atomic E-state index is 13.8. The molecule has 822 valence electrons. The third kappa shape index (κ3) is 52.4. The quantitative estimate of drug-likeness (QED) is 0.00731. The van der Waals surface area contributed by atoms with E-state index in [1.807, 2.05) is 55.5 Å². The van der Waals surface area contributed by atoms with Gasteiger partial charge in [0.05, 0.1) is 81.0 Å². The zero-order valence-electron chi connectivity index (χ0n) is 89.4. The zero-order valence-corrected chi connectivity index (χ0v) is 92.3. The molecule has 38 nitrogen and oxygen atoms in total. The number of aliphatic carboxylic acids is 2. The molecule has 5 atom stereocenters. The average Bonchev–Trinajstić information content (AvgIpc) is 1.69. The number of phosphoric acid groups is 1. The van der Waals surface area contributed by atoms with Gasteiger partial charge in [0.15, 0.2) is 6.10 Å². The third-order valence-corrected chi connectivity index (χ3v) is 26.9. The van der Waals surface area contributed by atoms with Crippen molar-refractivity contribution in [3.05, 3.63) is 119 Å². The van der Waals surface area contributed by atoms with Gasteiger partial charge in [-0.3, -0.25) is 66.9 Å². The normalized spacial score (nSPS) is 14.0. The number of ether oxygens (including phenoxy) is 4. The van der Waals surface area contributed by atoms with Crippen molar-refractivity contribution in [2.45, 2.75) is 354 Å². The number of para-hydroxylation sites is 4. The van der Waals surface area contributed by atoms with E-state index in [4.69, 9.17) is 28.0 Å². The maximum atomic E-state index is 13.8. The Morgan fingerprint density at radius 3 is 1.35 bits per heavy atom. The van der Waals surface area contributed by atoms with Gasteiger partial charge in [-0.25, -0.2) is 9.97 Å². The van der Waals surface area contributed by atoms with Crippen LogP contribution in [-0.2, 0) is 111 Å². The van der Waals surface area contributed by atoms with Gasteiger partial charge in [-0.2, -0.15) is 0 Å². The number of esters is 2. The number of carboxylic acids is 2. The van der Waals surface area contributed by atoms with E-state index in [2.05, 4.69) is 71.0 Å². The predicted octanol–water partition coefficient (Wildman–Crippen LogP) is 12.9. The first-order valence-corrected chi connectivity index (χ1v) is 55.6. The number of fused-ring (bicyclic) bond motifs is 4. The number of imidazole rings is 2. The number of anilines is 2. The Hall–Kier alpha value is -10.4. The van der Waals surface area contributed by atoms with Gasteiger partial charge in [0.1, 0.15) is 36.4 Å². The van der Waals surface area contributed by atoms with E-state index in [0.29, 0.717) is 149 Å². The van der Waals surface area contributed by atoms with Gasteiger partial charge in [-0.15, -0.1) is 0 Å². The summed E-state index contributed by atoms with van der Waals surface area (Å²) in [5, 5.41) is 39.1. The van der Waals surface area contributed by atoms with E-state index >= 15 is 0 Å². The van der Waals surface area contributed by atoms with E-state index in [0.717, 1.165) is 67.0 Å². The summed E-state index contributed by atoms with van der Waals surface area (Å²) in [6.07, 6.45) is 35.3. The van der Waals surface area contributed by atoms with Gasteiger partial charge in [-0.05, 0) is 123 Å². The molecule has 0 bridgehead atoms. The summed E-state index contributed by atoms with van der Waals surface area (Å²) in [5.74, 6) is -5.03. The molecule has 0 saturated carbocycles. The van der Waals surface area contributed by atoms with Crippen LogP contribution in [0, 0.1) is 0 Å². The van der Waals surface area contributed by atoms with Crippen molar-refractivity contribution in [2.75, 3.05) is 111 Å². The fraction of sp³-hybridized carbons (Fsp3) is 0.642. The smallest absolute Gasteiger partial charge is 0.756 e. The number of amides is 9. The number of phosphoric ester groups is 1. The Morgan fingerprint density at radius 2 is 0.886 bits per heavy atom. The van der Waals surface area contributed by atoms with Crippen molar-refractivity contribution in [1.82, 2.24) is 66.1 Å². The topological polar surface area (TPSA) is 512 Å². The molecule has 149 heavy (non-hydrogen) atoms. The summed E-state index contributed by atoms with van der Waals surface area (Å²) in [7, 11) is 0.0127. The molecule has 0 fully saturated rings. The average molecular weight is 2110 g/mol. The molecular weight excluding hydrogens is 1940 g/mol. The summed E-state index contributed by atoms with van der Waals surface area (Å²) in [6, 6.07) is 22.4. The Bertz CT molecular complexity index is 5020.